The van der Waals surface area contributed by atoms with Crippen LogP contribution in [0.4, 0.5) is 5.69 Å². The molecule has 1 aromatic heterocycles. The van der Waals surface area contributed by atoms with Crippen LogP contribution in [0.15, 0.2) is 24.4 Å². The van der Waals surface area contributed by atoms with Crippen LogP contribution in [0.3, 0.4) is 0 Å². The van der Waals surface area contributed by atoms with Crippen molar-refractivity contribution in [1.29, 1.82) is 0 Å². The Kier molecular flexibility index (Phi) is 3.94. The van der Waals surface area contributed by atoms with E-state index in [1.807, 2.05) is 6.07 Å². The minimum Gasteiger partial charge on any atom is -0.399 e. The van der Waals surface area contributed by atoms with Crippen molar-refractivity contribution < 1.29 is 0 Å². The second-order valence-corrected chi connectivity index (χ2v) is 6.94. The molecule has 0 unspecified atom stereocenters. The summed E-state index contributed by atoms with van der Waals surface area (Å²) in [6, 6.07) is 6.28. The lowest BCUT2D eigenvalue weighted by Crippen LogP contribution is -2.35. The summed E-state index contributed by atoms with van der Waals surface area (Å²) in [4.78, 5) is 2.61. The fourth-order valence-electron chi connectivity index (χ4n) is 3.71. The van der Waals surface area contributed by atoms with Gasteiger partial charge in [0.25, 0.3) is 0 Å². The summed E-state index contributed by atoms with van der Waals surface area (Å²) in [6.45, 7) is 8.29. The van der Waals surface area contributed by atoms with Gasteiger partial charge in [-0.25, -0.2) is 0 Å². The highest BCUT2D eigenvalue weighted by Crippen LogP contribution is 2.35. The van der Waals surface area contributed by atoms with E-state index in [1.165, 1.54) is 48.9 Å². The predicted molar refractivity (Wildman–Crippen MR) is 90.6 cm³/mol. The molecule has 21 heavy (non-hydrogen) atoms. The Bertz CT molecular complexity index is 619. The maximum Gasteiger partial charge on any atom is 0.0482 e. The number of rotatable bonds is 3. The lowest BCUT2D eigenvalue weighted by Gasteiger charge is -2.33. The second-order valence-electron chi connectivity index (χ2n) is 6.94. The number of nitrogens with two attached hydrogens (primary N) is 1. The van der Waals surface area contributed by atoms with E-state index in [-0.39, 0.29) is 0 Å². The number of benzene rings is 1. The van der Waals surface area contributed by atoms with Crippen LogP contribution in [0.5, 0.6) is 0 Å². The summed E-state index contributed by atoms with van der Waals surface area (Å²) in [5, 5.41) is 1.35. The molecule has 1 fully saturated rings. The van der Waals surface area contributed by atoms with E-state index in [4.69, 9.17) is 5.73 Å². The molecule has 2 N–H and O–H groups in total. The molecule has 2 aromatic rings. The van der Waals surface area contributed by atoms with E-state index in [1.54, 1.807) is 0 Å². The van der Waals surface area contributed by atoms with Crippen LogP contribution in [-0.2, 0) is 7.05 Å². The molecule has 1 aromatic carbocycles. The first-order valence-electron chi connectivity index (χ1n) is 8.11. The number of likely N-dealkylation sites (tertiary alicyclic amines) is 1. The monoisotopic (exact) mass is 285 g/mol. The van der Waals surface area contributed by atoms with Crippen molar-refractivity contribution in [2.24, 2.45) is 13.0 Å². The van der Waals surface area contributed by atoms with Crippen LogP contribution < -0.4 is 5.73 Å². The van der Waals surface area contributed by atoms with Crippen LogP contribution in [0.2, 0.25) is 0 Å². The molecule has 114 valence electrons. The van der Waals surface area contributed by atoms with Gasteiger partial charge in [-0.2, -0.15) is 0 Å². The molecule has 0 atom stereocenters. The van der Waals surface area contributed by atoms with Crippen LogP contribution >= 0.6 is 0 Å². The van der Waals surface area contributed by atoms with Crippen LogP contribution in [0.25, 0.3) is 10.9 Å². The molecule has 1 saturated heterocycles. The Morgan fingerprint density at radius 1 is 1.24 bits per heavy atom. The number of hydrogen-bond acceptors (Lipinski definition) is 2. The van der Waals surface area contributed by atoms with Crippen LogP contribution in [0.1, 0.15) is 38.2 Å². The smallest absolute Gasteiger partial charge is 0.0482 e. The average molecular weight is 285 g/mol. The van der Waals surface area contributed by atoms with E-state index in [2.05, 4.69) is 48.7 Å². The standard InChI is InChI=1S/C18H27N3/c1-13(2)11-21-8-6-14(7-9-21)17-12-20(3)18-5-4-15(19)10-16(17)18/h4-5,10,12-14H,6-9,11,19H2,1-3H3. The van der Waals surface area contributed by atoms with Gasteiger partial charge in [-0.3, -0.25) is 0 Å². The topological polar surface area (TPSA) is 34.2 Å². The fraction of sp³-hybridized carbons (Fsp3) is 0.556. The van der Waals surface area contributed by atoms with Crippen LogP contribution in [0, 0.1) is 5.92 Å². The zero-order valence-corrected chi connectivity index (χ0v) is 13.5. The van der Waals surface area contributed by atoms with Gasteiger partial charge in [0, 0.05) is 36.4 Å². The lowest BCUT2D eigenvalue weighted by atomic mass is 9.89. The molecular weight excluding hydrogens is 258 g/mol. The van der Waals surface area contributed by atoms with Crippen molar-refractivity contribution in [2.75, 3.05) is 25.4 Å². The maximum atomic E-state index is 5.99. The third-order valence-electron chi connectivity index (χ3n) is 4.70. The fourth-order valence-corrected chi connectivity index (χ4v) is 3.71. The molecule has 1 aliphatic rings. The zero-order chi connectivity index (χ0) is 15.0. The highest BCUT2D eigenvalue weighted by molar-refractivity contribution is 5.87. The first-order valence-corrected chi connectivity index (χ1v) is 8.11. The van der Waals surface area contributed by atoms with Crippen LogP contribution in [-0.4, -0.2) is 29.1 Å². The Hall–Kier alpha value is -1.48. The molecule has 0 radical (unpaired) electrons. The molecule has 2 heterocycles. The van der Waals surface area contributed by atoms with Crippen molar-refractivity contribution in [1.82, 2.24) is 9.47 Å². The van der Waals surface area contributed by atoms with Gasteiger partial charge < -0.3 is 15.2 Å². The molecule has 0 saturated carbocycles. The summed E-state index contributed by atoms with van der Waals surface area (Å²) in [7, 11) is 2.13. The second kappa shape index (κ2) is 5.72. The third-order valence-corrected chi connectivity index (χ3v) is 4.70. The maximum absolute atomic E-state index is 5.99. The Labute approximate surface area is 127 Å². The van der Waals surface area contributed by atoms with E-state index in [0.717, 1.165) is 11.6 Å². The normalized spacial score (nSPS) is 17.9. The van der Waals surface area contributed by atoms with Crippen molar-refractivity contribution in [3.8, 4) is 0 Å². The molecule has 1 aliphatic heterocycles. The van der Waals surface area contributed by atoms with Crippen molar-refractivity contribution in [2.45, 2.75) is 32.6 Å². The molecule has 0 aliphatic carbocycles. The van der Waals surface area contributed by atoms with Gasteiger partial charge in [-0.15, -0.1) is 0 Å². The van der Waals surface area contributed by atoms with Gasteiger partial charge in [0.2, 0.25) is 0 Å². The summed E-state index contributed by atoms with van der Waals surface area (Å²) < 4.78 is 2.24. The number of nitrogen functional groups attached to an aromatic ring is 1. The number of aromatic nitrogens is 1. The number of nitrogens with zero attached hydrogens (tertiary/aromatic N) is 2. The van der Waals surface area contributed by atoms with E-state index >= 15 is 0 Å². The summed E-state index contributed by atoms with van der Waals surface area (Å²) in [6.07, 6.45) is 4.84. The predicted octanol–water partition coefficient (Wildman–Crippen LogP) is 3.60. The highest BCUT2D eigenvalue weighted by Gasteiger charge is 2.23. The number of aryl methyl sites for hydroxylation is 1. The first kappa shape index (κ1) is 14.5. The molecule has 3 heteroatoms. The molecule has 3 rings (SSSR count). The van der Waals surface area contributed by atoms with E-state index in [9.17, 15) is 0 Å². The SMILES string of the molecule is CC(C)CN1CCC(c2cn(C)c3ccc(N)cc23)CC1. The van der Waals surface area contributed by atoms with Gasteiger partial charge in [0.05, 0.1) is 0 Å². The van der Waals surface area contributed by atoms with Crippen molar-refractivity contribution >= 4 is 16.6 Å². The van der Waals surface area contributed by atoms with Gasteiger partial charge in [-0.05, 0) is 61.5 Å². The number of hydrogen-bond donors (Lipinski definition) is 1. The first-order chi connectivity index (χ1) is 10.0. The van der Waals surface area contributed by atoms with E-state index < -0.39 is 0 Å². The molecule has 3 nitrogen and oxygen atoms in total. The van der Waals surface area contributed by atoms with Gasteiger partial charge >= 0.3 is 0 Å². The number of fused-ring (bicyclic) bond motifs is 1. The lowest BCUT2D eigenvalue weighted by molar-refractivity contribution is 0.192. The zero-order valence-electron chi connectivity index (χ0n) is 13.5. The average Bonchev–Trinajstić information content (AvgIpc) is 2.76. The summed E-state index contributed by atoms with van der Waals surface area (Å²) in [5.74, 6) is 1.44. The van der Waals surface area contributed by atoms with Gasteiger partial charge in [0.15, 0.2) is 0 Å². The summed E-state index contributed by atoms with van der Waals surface area (Å²) in [5.41, 5.74) is 9.64. The largest absolute Gasteiger partial charge is 0.399 e. The molecule has 0 bridgehead atoms. The highest BCUT2D eigenvalue weighted by atomic mass is 15.1. The number of anilines is 1. The van der Waals surface area contributed by atoms with Crippen molar-refractivity contribution in [3.63, 3.8) is 0 Å². The quantitative estimate of drug-likeness (QED) is 0.874. The Balaban J connectivity index is 1.81. The summed E-state index contributed by atoms with van der Waals surface area (Å²) >= 11 is 0. The van der Waals surface area contributed by atoms with Gasteiger partial charge in [-0.1, -0.05) is 13.8 Å². The minimum atomic E-state index is 0.680. The molecule has 0 amide bonds. The van der Waals surface area contributed by atoms with E-state index in [0.29, 0.717) is 5.92 Å². The minimum absolute atomic E-state index is 0.680. The Morgan fingerprint density at radius 3 is 2.62 bits per heavy atom. The van der Waals surface area contributed by atoms with Crippen molar-refractivity contribution in [3.05, 3.63) is 30.0 Å². The molecular formula is C18H27N3. The third kappa shape index (κ3) is 2.93. The molecule has 0 spiro atoms. The Morgan fingerprint density at radius 2 is 1.95 bits per heavy atom. The number of piperidine rings is 1. The van der Waals surface area contributed by atoms with Gasteiger partial charge in [0.1, 0.15) is 0 Å².